The van der Waals surface area contributed by atoms with E-state index in [0.29, 0.717) is 23.3 Å². The van der Waals surface area contributed by atoms with Crippen LogP contribution in [-0.4, -0.2) is 26.6 Å². The Morgan fingerprint density at radius 2 is 1.67 bits per heavy atom. The molecule has 0 aliphatic rings. The van der Waals surface area contributed by atoms with E-state index in [1.165, 1.54) is 0 Å². The van der Waals surface area contributed by atoms with Crippen LogP contribution in [0.15, 0.2) is 108 Å². The molecule has 0 amide bonds. The first kappa shape index (κ1) is 21.7. The number of hydrogen-bond acceptors (Lipinski definition) is 5. The summed E-state index contributed by atoms with van der Waals surface area (Å²) in [4.78, 5) is 27.0. The van der Waals surface area contributed by atoms with E-state index in [1.807, 2.05) is 60.7 Å². The Hall–Kier alpha value is -4.84. The number of methoxy groups -OCH3 is 1. The van der Waals surface area contributed by atoms with Crippen LogP contribution in [0, 0.1) is 0 Å². The molecule has 6 heteroatoms. The lowest BCUT2D eigenvalue weighted by molar-refractivity contribution is 0.415. The summed E-state index contributed by atoms with van der Waals surface area (Å²) in [6.07, 6.45) is 5.55. The number of rotatable bonds is 5. The molecule has 0 radical (unpaired) electrons. The van der Waals surface area contributed by atoms with Crippen LogP contribution < -0.4 is 10.3 Å². The quantitative estimate of drug-likeness (QED) is 0.328. The molecule has 0 aliphatic carbocycles. The molecule has 0 saturated heterocycles. The lowest BCUT2D eigenvalue weighted by atomic mass is 10.0. The van der Waals surface area contributed by atoms with E-state index in [4.69, 9.17) is 4.74 Å². The summed E-state index contributed by atoms with van der Waals surface area (Å²) in [7, 11) is 1.67. The first-order valence-corrected chi connectivity index (χ1v) is 11.6. The SMILES string of the molecule is COc1ccc2cc(-c3cccc(-n4c(=O)c(Cc5cccnc5)nc5cccnc54)c3)ccc2c1. The minimum Gasteiger partial charge on any atom is -0.497 e. The average Bonchev–Trinajstić information content (AvgIpc) is 2.93. The maximum absolute atomic E-state index is 13.7. The van der Waals surface area contributed by atoms with Crippen molar-refractivity contribution in [2.75, 3.05) is 7.11 Å². The lowest BCUT2D eigenvalue weighted by Gasteiger charge is -2.13. The Bertz CT molecular complexity index is 1780. The Kier molecular flexibility index (Phi) is 5.46. The van der Waals surface area contributed by atoms with E-state index in [9.17, 15) is 4.79 Å². The summed E-state index contributed by atoms with van der Waals surface area (Å²) in [5.41, 5.74) is 5.20. The van der Waals surface area contributed by atoms with Crippen molar-refractivity contribution in [2.45, 2.75) is 6.42 Å². The molecule has 6 rings (SSSR count). The zero-order valence-corrected chi connectivity index (χ0v) is 19.6. The number of nitrogens with zero attached hydrogens (tertiary/aromatic N) is 4. The van der Waals surface area contributed by atoms with Gasteiger partial charge in [-0.15, -0.1) is 0 Å². The largest absolute Gasteiger partial charge is 0.497 e. The third-order valence-electron chi connectivity index (χ3n) is 6.26. The first-order valence-electron chi connectivity index (χ1n) is 11.6. The van der Waals surface area contributed by atoms with Crippen molar-refractivity contribution in [1.82, 2.24) is 19.5 Å². The summed E-state index contributed by atoms with van der Waals surface area (Å²) >= 11 is 0. The second-order valence-electron chi connectivity index (χ2n) is 8.56. The molecule has 174 valence electrons. The molecule has 0 unspecified atom stereocenters. The van der Waals surface area contributed by atoms with E-state index in [0.717, 1.165) is 38.9 Å². The Balaban J connectivity index is 1.48. The van der Waals surface area contributed by atoms with Crippen molar-refractivity contribution in [1.29, 1.82) is 0 Å². The molecule has 6 aromatic rings. The fourth-order valence-electron chi connectivity index (χ4n) is 4.47. The number of benzene rings is 3. The standard InChI is InChI=1S/C30H22N4O2/c1-36-26-12-11-23-16-22(9-10-24(23)18-26)21-6-2-7-25(17-21)34-29-27(8-4-14-32-29)33-28(30(34)35)15-20-5-3-13-31-19-20/h2-14,16-19H,15H2,1H3. The van der Waals surface area contributed by atoms with Gasteiger partial charge in [0, 0.05) is 25.0 Å². The molecule has 0 bridgehead atoms. The van der Waals surface area contributed by atoms with Gasteiger partial charge in [0.1, 0.15) is 17.0 Å². The van der Waals surface area contributed by atoms with Crippen molar-refractivity contribution in [3.05, 3.63) is 125 Å². The van der Waals surface area contributed by atoms with Crippen LogP contribution in [0.1, 0.15) is 11.3 Å². The van der Waals surface area contributed by atoms with Gasteiger partial charge in [-0.05, 0) is 76.0 Å². The summed E-state index contributed by atoms with van der Waals surface area (Å²) in [6.45, 7) is 0. The van der Waals surface area contributed by atoms with Crippen molar-refractivity contribution in [3.63, 3.8) is 0 Å². The van der Waals surface area contributed by atoms with Crippen LogP contribution in [0.4, 0.5) is 0 Å². The maximum atomic E-state index is 13.7. The smallest absolute Gasteiger partial charge is 0.278 e. The molecule has 3 heterocycles. The van der Waals surface area contributed by atoms with Gasteiger partial charge in [-0.3, -0.25) is 14.3 Å². The van der Waals surface area contributed by atoms with Gasteiger partial charge in [0.2, 0.25) is 0 Å². The zero-order valence-electron chi connectivity index (χ0n) is 19.6. The van der Waals surface area contributed by atoms with Crippen molar-refractivity contribution < 1.29 is 4.74 Å². The predicted molar refractivity (Wildman–Crippen MR) is 142 cm³/mol. The third kappa shape index (κ3) is 3.99. The summed E-state index contributed by atoms with van der Waals surface area (Å²) in [5, 5.41) is 2.22. The van der Waals surface area contributed by atoms with Crippen molar-refractivity contribution in [2.24, 2.45) is 0 Å². The molecule has 6 nitrogen and oxygen atoms in total. The minimum atomic E-state index is -0.187. The highest BCUT2D eigenvalue weighted by atomic mass is 16.5. The Morgan fingerprint density at radius 3 is 2.53 bits per heavy atom. The second-order valence-corrected chi connectivity index (χ2v) is 8.56. The molecule has 0 N–H and O–H groups in total. The number of aromatic nitrogens is 4. The summed E-state index contributed by atoms with van der Waals surface area (Å²) < 4.78 is 7.00. The highest BCUT2D eigenvalue weighted by Crippen LogP contribution is 2.28. The molecule has 3 aromatic carbocycles. The number of fused-ring (bicyclic) bond motifs is 2. The molecular formula is C30H22N4O2. The second kappa shape index (κ2) is 9.07. The molecule has 0 spiro atoms. The van der Waals surface area contributed by atoms with Gasteiger partial charge in [-0.1, -0.05) is 36.4 Å². The number of pyridine rings is 2. The van der Waals surface area contributed by atoms with Crippen molar-refractivity contribution in [3.8, 4) is 22.6 Å². The van der Waals surface area contributed by atoms with Crippen molar-refractivity contribution >= 4 is 21.9 Å². The fraction of sp³-hybridized carbons (Fsp3) is 0.0667. The van der Waals surface area contributed by atoms with Crippen LogP contribution in [-0.2, 0) is 6.42 Å². The van der Waals surface area contributed by atoms with E-state index in [2.05, 4.69) is 39.2 Å². The monoisotopic (exact) mass is 470 g/mol. The maximum Gasteiger partial charge on any atom is 0.278 e. The van der Waals surface area contributed by atoms with E-state index in [-0.39, 0.29) is 5.56 Å². The van der Waals surface area contributed by atoms with Crippen LogP contribution in [0.2, 0.25) is 0 Å². The van der Waals surface area contributed by atoms with E-state index >= 15 is 0 Å². The molecular weight excluding hydrogens is 448 g/mol. The van der Waals surface area contributed by atoms with E-state index in [1.54, 1.807) is 30.3 Å². The average molecular weight is 471 g/mol. The number of hydrogen-bond donors (Lipinski definition) is 0. The molecule has 3 aromatic heterocycles. The normalized spacial score (nSPS) is 11.1. The molecule has 0 atom stereocenters. The molecule has 0 fully saturated rings. The fourth-order valence-corrected chi connectivity index (χ4v) is 4.47. The Labute approximate surface area is 207 Å². The predicted octanol–water partition coefficient (Wildman–Crippen LogP) is 5.60. The van der Waals surface area contributed by atoms with Crippen LogP contribution in [0.5, 0.6) is 5.75 Å². The van der Waals surface area contributed by atoms with Gasteiger partial charge in [-0.25, -0.2) is 9.97 Å². The summed E-state index contributed by atoms with van der Waals surface area (Å²) in [6, 6.07) is 27.8. The van der Waals surface area contributed by atoms with Crippen LogP contribution in [0.25, 0.3) is 38.8 Å². The highest BCUT2D eigenvalue weighted by molar-refractivity contribution is 5.88. The minimum absolute atomic E-state index is 0.187. The van der Waals surface area contributed by atoms with Crippen LogP contribution in [0.3, 0.4) is 0 Å². The van der Waals surface area contributed by atoms with Gasteiger partial charge in [0.15, 0.2) is 5.65 Å². The van der Waals surface area contributed by atoms with Gasteiger partial charge >= 0.3 is 0 Å². The topological polar surface area (TPSA) is 69.9 Å². The molecule has 0 aliphatic heterocycles. The van der Waals surface area contributed by atoms with Gasteiger partial charge in [0.05, 0.1) is 12.8 Å². The lowest BCUT2D eigenvalue weighted by Crippen LogP contribution is -2.25. The molecule has 36 heavy (non-hydrogen) atoms. The van der Waals surface area contributed by atoms with Gasteiger partial charge in [-0.2, -0.15) is 0 Å². The number of ether oxygens (including phenoxy) is 1. The molecule has 0 saturated carbocycles. The first-order chi connectivity index (χ1) is 17.7. The van der Waals surface area contributed by atoms with E-state index < -0.39 is 0 Å². The zero-order chi connectivity index (χ0) is 24.5. The highest BCUT2D eigenvalue weighted by Gasteiger charge is 2.15. The third-order valence-corrected chi connectivity index (χ3v) is 6.26. The summed E-state index contributed by atoms with van der Waals surface area (Å²) in [5.74, 6) is 0.829. The van der Waals surface area contributed by atoms with Crippen LogP contribution >= 0.6 is 0 Å². The Morgan fingerprint density at radius 1 is 0.833 bits per heavy atom. The van der Waals surface area contributed by atoms with Gasteiger partial charge in [0.25, 0.3) is 5.56 Å². The van der Waals surface area contributed by atoms with Gasteiger partial charge < -0.3 is 4.74 Å².